The highest BCUT2D eigenvalue weighted by atomic mass is 32.1. The molecular formula is C36H24N4S. The minimum absolute atomic E-state index is 0.736. The van der Waals surface area contributed by atoms with Crippen molar-refractivity contribution < 1.29 is 0 Å². The van der Waals surface area contributed by atoms with Crippen LogP contribution in [0.1, 0.15) is 11.4 Å². The number of aryl methyl sites for hydroxylation is 2. The van der Waals surface area contributed by atoms with E-state index >= 15 is 0 Å². The van der Waals surface area contributed by atoms with E-state index in [1.807, 2.05) is 25.1 Å². The second-order valence-electron chi connectivity index (χ2n) is 10.4. The summed E-state index contributed by atoms with van der Waals surface area (Å²) in [5.41, 5.74) is 10.1. The molecule has 41 heavy (non-hydrogen) atoms. The molecule has 0 aliphatic carbocycles. The van der Waals surface area contributed by atoms with E-state index in [0.717, 1.165) is 82.6 Å². The molecule has 0 atom stereocenters. The summed E-state index contributed by atoms with van der Waals surface area (Å²) in [6.45, 7) is 4.08. The van der Waals surface area contributed by atoms with Crippen molar-refractivity contribution in [1.82, 2.24) is 19.9 Å². The van der Waals surface area contributed by atoms with Gasteiger partial charge in [0, 0.05) is 43.4 Å². The van der Waals surface area contributed by atoms with Crippen LogP contribution in [0.5, 0.6) is 0 Å². The van der Waals surface area contributed by atoms with E-state index in [0.29, 0.717) is 0 Å². The summed E-state index contributed by atoms with van der Waals surface area (Å²) >= 11 is 1.75. The van der Waals surface area contributed by atoms with Gasteiger partial charge in [0.1, 0.15) is 0 Å². The maximum Gasteiger partial charge on any atom is 0.160 e. The zero-order chi connectivity index (χ0) is 27.5. The topological polar surface area (TPSA) is 51.6 Å². The quantitative estimate of drug-likeness (QED) is 0.208. The molecule has 4 aromatic carbocycles. The maximum absolute atomic E-state index is 5.18. The molecule has 8 aromatic rings. The van der Waals surface area contributed by atoms with Crippen LogP contribution in [0.2, 0.25) is 0 Å². The van der Waals surface area contributed by atoms with E-state index in [4.69, 9.17) is 19.9 Å². The third-order valence-corrected chi connectivity index (χ3v) is 8.77. The molecule has 4 heterocycles. The SMILES string of the molecule is Cc1ccc2ccc3c(-c4cccc(-c5nc(-c6ccccc6)nc6c5sc5ccccc56)c4)cc(C)nc3c2n1. The second-order valence-corrected chi connectivity index (χ2v) is 11.5. The average molecular weight is 545 g/mol. The molecule has 194 valence electrons. The zero-order valence-corrected chi connectivity index (χ0v) is 23.4. The Morgan fingerprint density at radius 2 is 1.27 bits per heavy atom. The first kappa shape index (κ1) is 23.9. The lowest BCUT2D eigenvalue weighted by atomic mass is 9.96. The normalized spacial score (nSPS) is 11.7. The Morgan fingerprint density at radius 3 is 2.17 bits per heavy atom. The van der Waals surface area contributed by atoms with Crippen LogP contribution in [0.4, 0.5) is 0 Å². The summed E-state index contributed by atoms with van der Waals surface area (Å²) in [6, 6.07) is 38.1. The highest BCUT2D eigenvalue weighted by Gasteiger charge is 2.18. The number of thiophene rings is 1. The van der Waals surface area contributed by atoms with Gasteiger partial charge in [0.2, 0.25) is 0 Å². The van der Waals surface area contributed by atoms with E-state index in [-0.39, 0.29) is 0 Å². The van der Waals surface area contributed by atoms with Crippen LogP contribution in [-0.4, -0.2) is 19.9 Å². The Labute approximate surface area is 241 Å². The first-order valence-electron chi connectivity index (χ1n) is 13.7. The first-order chi connectivity index (χ1) is 20.1. The van der Waals surface area contributed by atoms with Crippen LogP contribution < -0.4 is 0 Å². The van der Waals surface area contributed by atoms with Crippen molar-refractivity contribution >= 4 is 53.4 Å². The molecule has 5 heteroatoms. The smallest absolute Gasteiger partial charge is 0.160 e. The van der Waals surface area contributed by atoms with E-state index in [1.54, 1.807) is 11.3 Å². The van der Waals surface area contributed by atoms with Crippen LogP contribution in [-0.2, 0) is 0 Å². The highest BCUT2D eigenvalue weighted by molar-refractivity contribution is 7.26. The fourth-order valence-corrected chi connectivity index (χ4v) is 6.83. The van der Waals surface area contributed by atoms with Crippen molar-refractivity contribution in [2.45, 2.75) is 13.8 Å². The van der Waals surface area contributed by atoms with E-state index in [9.17, 15) is 0 Å². The Bertz CT molecular complexity index is 2290. The molecule has 0 radical (unpaired) electrons. The van der Waals surface area contributed by atoms with Gasteiger partial charge in [0.05, 0.1) is 26.9 Å². The van der Waals surface area contributed by atoms with Crippen LogP contribution in [0.15, 0.2) is 109 Å². The third kappa shape index (κ3) is 3.97. The summed E-state index contributed by atoms with van der Waals surface area (Å²) in [5, 5.41) is 3.36. The van der Waals surface area contributed by atoms with Gasteiger partial charge in [-0.15, -0.1) is 11.3 Å². The van der Waals surface area contributed by atoms with Gasteiger partial charge >= 0.3 is 0 Å². The van der Waals surface area contributed by atoms with E-state index in [1.165, 1.54) is 4.70 Å². The molecular weight excluding hydrogens is 520 g/mol. The Balaban J connectivity index is 1.38. The molecule has 0 aliphatic rings. The summed E-state index contributed by atoms with van der Waals surface area (Å²) in [7, 11) is 0. The Hall–Kier alpha value is -5.00. The van der Waals surface area contributed by atoms with Gasteiger partial charge in [-0.05, 0) is 49.2 Å². The predicted molar refractivity (Wildman–Crippen MR) is 171 cm³/mol. The van der Waals surface area contributed by atoms with Crippen molar-refractivity contribution in [2.75, 3.05) is 0 Å². The number of rotatable bonds is 3. The molecule has 0 fully saturated rings. The summed E-state index contributed by atoms with van der Waals surface area (Å²) in [5.74, 6) is 0.736. The van der Waals surface area contributed by atoms with Crippen LogP contribution >= 0.6 is 11.3 Å². The number of pyridine rings is 2. The van der Waals surface area contributed by atoms with Crippen molar-refractivity contribution in [3.8, 4) is 33.8 Å². The van der Waals surface area contributed by atoms with Crippen LogP contribution in [0.3, 0.4) is 0 Å². The number of benzene rings is 4. The van der Waals surface area contributed by atoms with E-state index < -0.39 is 0 Å². The van der Waals surface area contributed by atoms with Gasteiger partial charge in [-0.2, -0.15) is 0 Å². The molecule has 4 aromatic heterocycles. The lowest BCUT2D eigenvalue weighted by molar-refractivity contribution is 1.23. The van der Waals surface area contributed by atoms with Gasteiger partial charge in [-0.25, -0.2) is 9.97 Å². The summed E-state index contributed by atoms with van der Waals surface area (Å²) < 4.78 is 2.31. The average Bonchev–Trinajstić information content (AvgIpc) is 3.39. The number of aromatic nitrogens is 4. The second kappa shape index (κ2) is 9.29. The van der Waals surface area contributed by atoms with E-state index in [2.05, 4.69) is 97.9 Å². The van der Waals surface area contributed by atoms with Crippen molar-refractivity contribution in [3.63, 3.8) is 0 Å². The molecule has 0 amide bonds. The van der Waals surface area contributed by atoms with Crippen molar-refractivity contribution in [1.29, 1.82) is 0 Å². The molecule has 0 aliphatic heterocycles. The molecule has 0 spiro atoms. The number of nitrogens with zero attached hydrogens (tertiary/aromatic N) is 4. The lowest BCUT2D eigenvalue weighted by Gasteiger charge is -2.12. The van der Waals surface area contributed by atoms with Crippen LogP contribution in [0, 0.1) is 13.8 Å². The third-order valence-electron chi connectivity index (χ3n) is 7.60. The molecule has 0 N–H and O–H groups in total. The minimum atomic E-state index is 0.736. The largest absolute Gasteiger partial charge is 0.251 e. The standard InChI is InChI=1S/C36H24N4S/c1-21-15-16-23-17-18-27-29(19-22(2)38-33(27)31(23)37-21)25-11-8-12-26(20-25)32-35-34(28-13-6-7-14-30(28)41-35)40-36(39-32)24-9-4-3-5-10-24/h3-20H,1-2H3. The fourth-order valence-electron chi connectivity index (χ4n) is 5.67. The zero-order valence-electron chi connectivity index (χ0n) is 22.6. The molecule has 0 unspecified atom stereocenters. The molecule has 0 saturated heterocycles. The van der Waals surface area contributed by atoms with Gasteiger partial charge in [0.25, 0.3) is 0 Å². The molecule has 4 nitrogen and oxygen atoms in total. The Kier molecular flexibility index (Phi) is 5.40. The van der Waals surface area contributed by atoms with Gasteiger partial charge in [0.15, 0.2) is 5.82 Å². The Morgan fingerprint density at radius 1 is 0.512 bits per heavy atom. The van der Waals surface area contributed by atoms with Gasteiger partial charge < -0.3 is 0 Å². The summed E-state index contributed by atoms with van der Waals surface area (Å²) in [4.78, 5) is 20.1. The molecule has 8 rings (SSSR count). The van der Waals surface area contributed by atoms with Gasteiger partial charge in [-0.1, -0.05) is 84.9 Å². The number of hydrogen-bond acceptors (Lipinski definition) is 5. The number of hydrogen-bond donors (Lipinski definition) is 0. The number of fused-ring (bicyclic) bond motifs is 6. The minimum Gasteiger partial charge on any atom is -0.251 e. The molecule has 0 bridgehead atoms. The summed E-state index contributed by atoms with van der Waals surface area (Å²) in [6.07, 6.45) is 0. The highest BCUT2D eigenvalue weighted by Crippen LogP contribution is 2.41. The maximum atomic E-state index is 5.18. The fraction of sp³-hybridized carbons (Fsp3) is 0.0556. The van der Waals surface area contributed by atoms with Gasteiger partial charge in [-0.3, -0.25) is 9.97 Å². The molecule has 0 saturated carbocycles. The lowest BCUT2D eigenvalue weighted by Crippen LogP contribution is -1.95. The monoisotopic (exact) mass is 544 g/mol. The van der Waals surface area contributed by atoms with Crippen LogP contribution in [0.25, 0.3) is 75.9 Å². The predicted octanol–water partition coefficient (Wildman–Crippen LogP) is 9.56. The van der Waals surface area contributed by atoms with Crippen molar-refractivity contribution in [2.24, 2.45) is 0 Å². The van der Waals surface area contributed by atoms with Crippen molar-refractivity contribution in [3.05, 3.63) is 121 Å². The first-order valence-corrected chi connectivity index (χ1v) is 14.5.